The minimum atomic E-state index is -2.25. The number of nitrogens with one attached hydrogen (secondary N) is 1. The lowest BCUT2D eigenvalue weighted by Gasteiger charge is -2.20. The van der Waals surface area contributed by atoms with Crippen molar-refractivity contribution >= 4 is 11.6 Å². The maximum atomic E-state index is 13.2. The van der Waals surface area contributed by atoms with Gasteiger partial charge in [0, 0.05) is 14.0 Å². The van der Waals surface area contributed by atoms with Crippen LogP contribution in [0, 0.1) is 29.1 Å². The van der Waals surface area contributed by atoms with Crippen LogP contribution in [0.25, 0.3) is 0 Å². The molecule has 0 radical (unpaired) electrons. The van der Waals surface area contributed by atoms with Crippen LogP contribution in [0.3, 0.4) is 0 Å². The molecule has 0 fully saturated rings. The summed E-state index contributed by atoms with van der Waals surface area (Å²) in [5.41, 5.74) is 0.648. The molecule has 0 saturated carbocycles. The summed E-state index contributed by atoms with van der Waals surface area (Å²) in [6, 6.07) is 0. The fourth-order valence-electron chi connectivity index (χ4n) is 1.18. The van der Waals surface area contributed by atoms with Crippen molar-refractivity contribution < 1.29 is 26.7 Å². The van der Waals surface area contributed by atoms with Crippen molar-refractivity contribution in [1.82, 2.24) is 5.43 Å². The van der Waals surface area contributed by atoms with Gasteiger partial charge in [0.2, 0.25) is 11.7 Å². The smallest absolute Gasteiger partial charge is 0.235 e. The first-order valence-corrected chi connectivity index (χ1v) is 4.29. The standard InChI is InChI=1S/C9H7F5N2O/c1-3(17)15-16(2)9-7(13)5(11)4(10)6(12)8(9)14/h1-2H3,(H,15,17). The minimum absolute atomic E-state index is 0.415. The van der Waals surface area contributed by atoms with E-state index in [1.54, 1.807) is 0 Å². The van der Waals surface area contributed by atoms with Gasteiger partial charge in [-0.05, 0) is 0 Å². The first kappa shape index (κ1) is 13.2. The molecule has 0 atom stereocenters. The third kappa shape index (κ3) is 2.29. The van der Waals surface area contributed by atoms with Gasteiger partial charge in [-0.1, -0.05) is 0 Å². The van der Waals surface area contributed by atoms with Crippen LogP contribution in [0.1, 0.15) is 6.92 Å². The molecule has 17 heavy (non-hydrogen) atoms. The molecule has 1 aromatic rings. The largest absolute Gasteiger partial charge is 0.283 e. The van der Waals surface area contributed by atoms with Gasteiger partial charge < -0.3 is 0 Å². The van der Waals surface area contributed by atoms with E-state index in [2.05, 4.69) is 0 Å². The Balaban J connectivity index is 3.38. The Morgan fingerprint density at radius 1 is 0.941 bits per heavy atom. The Hall–Kier alpha value is -1.86. The molecule has 0 unspecified atom stereocenters. The van der Waals surface area contributed by atoms with Gasteiger partial charge in [-0.3, -0.25) is 15.2 Å². The number of hydrogen-bond acceptors (Lipinski definition) is 2. The fourth-order valence-corrected chi connectivity index (χ4v) is 1.18. The highest BCUT2D eigenvalue weighted by molar-refractivity contribution is 5.75. The average molecular weight is 254 g/mol. The van der Waals surface area contributed by atoms with Crippen molar-refractivity contribution in [3.05, 3.63) is 29.1 Å². The van der Waals surface area contributed by atoms with E-state index < -0.39 is 40.7 Å². The molecule has 0 bridgehead atoms. The third-order valence-corrected chi connectivity index (χ3v) is 1.85. The molecule has 0 spiro atoms. The number of hydrogen-bond donors (Lipinski definition) is 1. The van der Waals surface area contributed by atoms with Crippen LogP contribution in [0.4, 0.5) is 27.6 Å². The highest BCUT2D eigenvalue weighted by Gasteiger charge is 2.28. The molecule has 3 nitrogen and oxygen atoms in total. The first-order valence-electron chi connectivity index (χ1n) is 4.29. The molecule has 0 aromatic heterocycles. The predicted molar refractivity (Wildman–Crippen MR) is 48.5 cm³/mol. The van der Waals surface area contributed by atoms with E-state index in [1.165, 1.54) is 0 Å². The summed E-state index contributed by atoms with van der Waals surface area (Å²) in [5, 5.41) is 0.415. The molecular formula is C9H7F5N2O. The Morgan fingerprint density at radius 3 is 1.65 bits per heavy atom. The lowest BCUT2D eigenvalue weighted by atomic mass is 10.2. The molecule has 1 amide bonds. The zero-order valence-electron chi connectivity index (χ0n) is 8.75. The van der Waals surface area contributed by atoms with Gasteiger partial charge >= 0.3 is 0 Å². The van der Waals surface area contributed by atoms with E-state index in [4.69, 9.17) is 0 Å². The monoisotopic (exact) mass is 254 g/mol. The quantitative estimate of drug-likeness (QED) is 0.378. The van der Waals surface area contributed by atoms with Gasteiger partial charge in [0.15, 0.2) is 23.3 Å². The van der Waals surface area contributed by atoms with E-state index in [9.17, 15) is 26.7 Å². The van der Waals surface area contributed by atoms with Gasteiger partial charge in [-0.25, -0.2) is 22.0 Å². The fraction of sp³-hybridized carbons (Fsp3) is 0.222. The van der Waals surface area contributed by atoms with Crippen LogP contribution in [0.2, 0.25) is 0 Å². The number of hydrazine groups is 1. The van der Waals surface area contributed by atoms with Crippen LogP contribution >= 0.6 is 0 Å². The summed E-state index contributed by atoms with van der Waals surface area (Å²) in [6.45, 7) is 1.02. The predicted octanol–water partition coefficient (Wildman–Crippen LogP) is 1.87. The third-order valence-electron chi connectivity index (χ3n) is 1.85. The van der Waals surface area contributed by atoms with Gasteiger partial charge in [-0.15, -0.1) is 0 Å². The van der Waals surface area contributed by atoms with Gasteiger partial charge in [0.25, 0.3) is 0 Å². The molecule has 1 N–H and O–H groups in total. The van der Waals surface area contributed by atoms with E-state index in [1.807, 2.05) is 5.43 Å². The number of carbonyl (C=O) groups is 1. The number of halogens is 5. The zero-order valence-corrected chi connectivity index (χ0v) is 8.75. The maximum Gasteiger partial charge on any atom is 0.235 e. The highest BCUT2D eigenvalue weighted by Crippen LogP contribution is 2.28. The van der Waals surface area contributed by atoms with Crippen molar-refractivity contribution in [3.63, 3.8) is 0 Å². The second-order valence-corrected chi connectivity index (χ2v) is 3.15. The Bertz CT molecular complexity index is 448. The Kier molecular flexibility index (Phi) is 3.54. The van der Waals surface area contributed by atoms with Gasteiger partial charge in [-0.2, -0.15) is 0 Å². The average Bonchev–Trinajstić information content (AvgIpc) is 2.23. The van der Waals surface area contributed by atoms with Crippen LogP contribution < -0.4 is 10.4 Å². The van der Waals surface area contributed by atoms with E-state index in [0.29, 0.717) is 5.01 Å². The molecule has 8 heteroatoms. The number of anilines is 1. The van der Waals surface area contributed by atoms with Crippen LogP contribution in [-0.4, -0.2) is 13.0 Å². The topological polar surface area (TPSA) is 32.3 Å². The van der Waals surface area contributed by atoms with E-state index in [0.717, 1.165) is 14.0 Å². The lowest BCUT2D eigenvalue weighted by molar-refractivity contribution is -0.119. The van der Waals surface area contributed by atoms with E-state index in [-0.39, 0.29) is 0 Å². The Labute approximate surface area is 92.8 Å². The van der Waals surface area contributed by atoms with Crippen molar-refractivity contribution in [2.24, 2.45) is 0 Å². The molecule has 0 aliphatic heterocycles. The summed E-state index contributed by atoms with van der Waals surface area (Å²) >= 11 is 0. The second kappa shape index (κ2) is 4.56. The zero-order chi connectivity index (χ0) is 13.3. The van der Waals surface area contributed by atoms with Gasteiger partial charge in [0.1, 0.15) is 5.69 Å². The Morgan fingerprint density at radius 2 is 1.29 bits per heavy atom. The molecule has 0 heterocycles. The molecule has 0 aliphatic rings. The van der Waals surface area contributed by atoms with Crippen molar-refractivity contribution in [2.75, 3.05) is 12.1 Å². The normalized spacial score (nSPS) is 10.3. The summed E-state index contributed by atoms with van der Waals surface area (Å²) in [5.74, 6) is -11.2. The summed E-state index contributed by atoms with van der Waals surface area (Å²) in [7, 11) is 0.944. The lowest BCUT2D eigenvalue weighted by Crippen LogP contribution is -2.39. The number of carbonyl (C=O) groups excluding carboxylic acids is 1. The minimum Gasteiger partial charge on any atom is -0.283 e. The molecule has 1 rings (SSSR count). The summed E-state index contributed by atoms with van der Waals surface area (Å²) in [6.07, 6.45) is 0. The summed E-state index contributed by atoms with van der Waals surface area (Å²) in [4.78, 5) is 10.6. The van der Waals surface area contributed by atoms with Crippen LogP contribution in [-0.2, 0) is 4.79 Å². The van der Waals surface area contributed by atoms with Gasteiger partial charge in [0.05, 0.1) is 0 Å². The first-order chi connectivity index (χ1) is 7.77. The number of benzene rings is 1. The molecular weight excluding hydrogens is 247 g/mol. The molecule has 94 valence electrons. The van der Waals surface area contributed by atoms with Crippen molar-refractivity contribution in [3.8, 4) is 0 Å². The molecule has 0 aliphatic carbocycles. The second-order valence-electron chi connectivity index (χ2n) is 3.15. The van der Waals surface area contributed by atoms with Crippen molar-refractivity contribution in [1.29, 1.82) is 0 Å². The SMILES string of the molecule is CC(=O)NN(C)c1c(F)c(F)c(F)c(F)c1F. The van der Waals surface area contributed by atoms with Crippen molar-refractivity contribution in [2.45, 2.75) is 6.92 Å². The van der Waals surface area contributed by atoms with Crippen LogP contribution in [0.5, 0.6) is 0 Å². The maximum absolute atomic E-state index is 13.2. The molecule has 1 aromatic carbocycles. The number of amides is 1. The summed E-state index contributed by atoms with van der Waals surface area (Å²) < 4.78 is 64.7. The number of rotatable bonds is 2. The van der Waals surface area contributed by atoms with Crippen LogP contribution in [0.15, 0.2) is 0 Å². The van der Waals surface area contributed by atoms with E-state index >= 15 is 0 Å². The highest BCUT2D eigenvalue weighted by atomic mass is 19.2. The number of nitrogens with zero attached hydrogens (tertiary/aromatic N) is 1. The molecule has 0 saturated heterocycles.